The molecule has 0 aromatic carbocycles. The van der Waals surface area contributed by atoms with E-state index in [1.54, 1.807) is 6.92 Å². The second kappa shape index (κ2) is 3.95. The lowest BCUT2D eigenvalue weighted by molar-refractivity contribution is -0.138. The lowest BCUT2D eigenvalue weighted by Gasteiger charge is -2.24. The summed E-state index contributed by atoms with van der Waals surface area (Å²) in [5.74, 6) is -0.899. The van der Waals surface area contributed by atoms with Crippen LogP contribution in [0.15, 0.2) is 0 Å². The van der Waals surface area contributed by atoms with Crippen LogP contribution in [0.4, 0.5) is 0 Å². The Morgan fingerprint density at radius 2 is 2.27 bits per heavy atom. The van der Waals surface area contributed by atoms with Gasteiger partial charge in [0.25, 0.3) is 0 Å². The monoisotopic (exact) mass is 159 g/mol. The van der Waals surface area contributed by atoms with Crippen LogP contribution in [0.25, 0.3) is 0 Å². The summed E-state index contributed by atoms with van der Waals surface area (Å²) in [6.07, 6.45) is 1.10. The number of aliphatic carboxylic acids is 1. The van der Waals surface area contributed by atoms with E-state index in [0.29, 0.717) is 12.8 Å². The molecular formula is C7H13NO3. The third-order valence-electron chi connectivity index (χ3n) is 1.73. The largest absolute Gasteiger partial charge is 0.481 e. The highest BCUT2D eigenvalue weighted by atomic mass is 16.4. The molecular weight excluding hydrogens is 146 g/mol. The van der Waals surface area contributed by atoms with Crippen LogP contribution < -0.4 is 5.32 Å². The van der Waals surface area contributed by atoms with E-state index in [2.05, 4.69) is 5.32 Å². The first-order chi connectivity index (χ1) is 5.04. The molecule has 0 fully saturated rings. The Bertz CT molecular complexity index is 158. The van der Waals surface area contributed by atoms with Crippen LogP contribution >= 0.6 is 0 Å². The van der Waals surface area contributed by atoms with Gasteiger partial charge in [0.2, 0.25) is 6.41 Å². The van der Waals surface area contributed by atoms with Gasteiger partial charge < -0.3 is 10.4 Å². The second-order valence-corrected chi connectivity index (χ2v) is 2.75. The summed E-state index contributed by atoms with van der Waals surface area (Å²) in [5.41, 5.74) is -0.604. The summed E-state index contributed by atoms with van der Waals surface area (Å²) in [7, 11) is 0. The number of rotatable bonds is 5. The fraction of sp³-hybridized carbons (Fsp3) is 0.714. The van der Waals surface area contributed by atoms with Crippen molar-refractivity contribution in [3.05, 3.63) is 0 Å². The molecule has 1 amide bonds. The molecule has 4 nitrogen and oxygen atoms in total. The molecule has 4 heteroatoms. The molecule has 1 atom stereocenters. The molecule has 1 unspecified atom stereocenters. The number of nitrogens with one attached hydrogen (secondary N) is 1. The average Bonchev–Trinajstić information content (AvgIpc) is 1.87. The maximum absolute atomic E-state index is 10.3. The normalized spacial score (nSPS) is 15.1. The maximum atomic E-state index is 10.3. The van der Waals surface area contributed by atoms with Crippen LogP contribution in [0.3, 0.4) is 0 Å². The van der Waals surface area contributed by atoms with Crippen LogP contribution in [-0.2, 0) is 9.59 Å². The standard InChI is InChI=1S/C7H13NO3/c1-3-7(2,8-5-9)4-6(10)11/h5H,3-4H2,1-2H3,(H,8,9)(H,10,11). The molecule has 0 saturated carbocycles. The van der Waals surface area contributed by atoms with Crippen molar-refractivity contribution in [3.63, 3.8) is 0 Å². The first-order valence-corrected chi connectivity index (χ1v) is 3.47. The van der Waals surface area contributed by atoms with E-state index in [1.807, 2.05) is 6.92 Å². The summed E-state index contributed by atoms with van der Waals surface area (Å²) in [6, 6.07) is 0. The molecule has 0 aromatic rings. The molecule has 2 N–H and O–H groups in total. The SMILES string of the molecule is CCC(C)(CC(=O)O)NC=O. The van der Waals surface area contributed by atoms with Gasteiger partial charge in [-0.3, -0.25) is 9.59 Å². The Labute approximate surface area is 65.6 Å². The molecule has 0 spiro atoms. The summed E-state index contributed by atoms with van der Waals surface area (Å²) < 4.78 is 0. The van der Waals surface area contributed by atoms with Crippen LogP contribution in [0, 0.1) is 0 Å². The van der Waals surface area contributed by atoms with E-state index < -0.39 is 11.5 Å². The fourth-order valence-corrected chi connectivity index (χ4v) is 0.754. The number of carboxylic acids is 1. The number of hydrogen-bond acceptors (Lipinski definition) is 2. The third kappa shape index (κ3) is 3.60. The van der Waals surface area contributed by atoms with Gasteiger partial charge in [-0.15, -0.1) is 0 Å². The minimum absolute atomic E-state index is 0.0394. The van der Waals surface area contributed by atoms with Crippen molar-refractivity contribution < 1.29 is 14.7 Å². The van der Waals surface area contributed by atoms with Gasteiger partial charge in [0, 0.05) is 5.54 Å². The predicted octanol–water partition coefficient (Wildman–Crippen LogP) is 0.376. The lowest BCUT2D eigenvalue weighted by Crippen LogP contribution is -2.42. The molecule has 11 heavy (non-hydrogen) atoms. The predicted molar refractivity (Wildman–Crippen MR) is 40.1 cm³/mol. The summed E-state index contributed by atoms with van der Waals surface area (Å²) in [5, 5.41) is 10.9. The second-order valence-electron chi connectivity index (χ2n) is 2.75. The number of carbonyl (C=O) groups excluding carboxylic acids is 1. The Morgan fingerprint density at radius 3 is 2.55 bits per heavy atom. The van der Waals surface area contributed by atoms with Gasteiger partial charge in [-0.05, 0) is 13.3 Å². The first-order valence-electron chi connectivity index (χ1n) is 3.47. The van der Waals surface area contributed by atoms with Gasteiger partial charge >= 0.3 is 5.97 Å². The number of carboxylic acid groups (broad SMARTS) is 1. The Hall–Kier alpha value is -1.06. The van der Waals surface area contributed by atoms with E-state index in [9.17, 15) is 9.59 Å². The summed E-state index contributed by atoms with van der Waals surface area (Å²) in [6.45, 7) is 3.54. The van der Waals surface area contributed by atoms with E-state index in [1.165, 1.54) is 0 Å². The quantitative estimate of drug-likeness (QED) is 0.570. The highest BCUT2D eigenvalue weighted by Gasteiger charge is 2.23. The van der Waals surface area contributed by atoms with Crippen LogP contribution in [-0.4, -0.2) is 23.0 Å². The van der Waals surface area contributed by atoms with E-state index in [4.69, 9.17) is 5.11 Å². The Morgan fingerprint density at radius 1 is 1.73 bits per heavy atom. The number of amides is 1. The van der Waals surface area contributed by atoms with Crippen molar-refractivity contribution in [2.45, 2.75) is 32.2 Å². The zero-order valence-electron chi connectivity index (χ0n) is 6.76. The molecule has 0 radical (unpaired) electrons. The molecule has 0 heterocycles. The van der Waals surface area contributed by atoms with Gasteiger partial charge in [-0.25, -0.2) is 0 Å². The topological polar surface area (TPSA) is 66.4 Å². The minimum Gasteiger partial charge on any atom is -0.481 e. The fourth-order valence-electron chi connectivity index (χ4n) is 0.754. The molecule has 0 aliphatic heterocycles. The molecule has 0 saturated heterocycles. The highest BCUT2D eigenvalue weighted by Crippen LogP contribution is 2.12. The van der Waals surface area contributed by atoms with Gasteiger partial charge in [-0.1, -0.05) is 6.92 Å². The van der Waals surface area contributed by atoms with E-state index in [0.717, 1.165) is 0 Å². The zero-order valence-corrected chi connectivity index (χ0v) is 6.76. The van der Waals surface area contributed by atoms with Gasteiger partial charge in [0.1, 0.15) is 0 Å². The van der Waals surface area contributed by atoms with Crippen molar-refractivity contribution in [2.24, 2.45) is 0 Å². The van der Waals surface area contributed by atoms with Gasteiger partial charge in [0.15, 0.2) is 0 Å². The minimum atomic E-state index is -0.899. The molecule has 0 aromatic heterocycles. The smallest absolute Gasteiger partial charge is 0.305 e. The van der Waals surface area contributed by atoms with E-state index in [-0.39, 0.29) is 6.42 Å². The summed E-state index contributed by atoms with van der Waals surface area (Å²) >= 11 is 0. The lowest BCUT2D eigenvalue weighted by atomic mass is 9.95. The number of carbonyl (C=O) groups is 2. The van der Waals surface area contributed by atoms with E-state index >= 15 is 0 Å². The van der Waals surface area contributed by atoms with Crippen LogP contribution in [0.2, 0.25) is 0 Å². The zero-order chi connectivity index (χ0) is 8.91. The van der Waals surface area contributed by atoms with Crippen molar-refractivity contribution in [1.82, 2.24) is 5.32 Å². The molecule has 64 valence electrons. The molecule has 0 rings (SSSR count). The molecule has 0 bridgehead atoms. The highest BCUT2D eigenvalue weighted by molar-refractivity contribution is 5.69. The Kier molecular flexibility index (Phi) is 3.57. The van der Waals surface area contributed by atoms with Crippen molar-refractivity contribution in [1.29, 1.82) is 0 Å². The van der Waals surface area contributed by atoms with Crippen molar-refractivity contribution >= 4 is 12.4 Å². The third-order valence-corrected chi connectivity index (χ3v) is 1.73. The van der Waals surface area contributed by atoms with Crippen molar-refractivity contribution in [3.8, 4) is 0 Å². The summed E-state index contributed by atoms with van der Waals surface area (Å²) in [4.78, 5) is 20.3. The Balaban J connectivity index is 4.08. The van der Waals surface area contributed by atoms with Crippen LogP contribution in [0.5, 0.6) is 0 Å². The number of hydrogen-bond donors (Lipinski definition) is 2. The van der Waals surface area contributed by atoms with Crippen molar-refractivity contribution in [2.75, 3.05) is 0 Å². The maximum Gasteiger partial charge on any atom is 0.305 e. The van der Waals surface area contributed by atoms with Gasteiger partial charge in [0.05, 0.1) is 6.42 Å². The first kappa shape index (κ1) is 9.94. The van der Waals surface area contributed by atoms with Crippen LogP contribution in [0.1, 0.15) is 26.7 Å². The van der Waals surface area contributed by atoms with Gasteiger partial charge in [-0.2, -0.15) is 0 Å². The molecule has 0 aliphatic carbocycles. The molecule has 0 aliphatic rings. The average molecular weight is 159 g/mol.